The molecule has 7 aromatic rings. The predicted molar refractivity (Wildman–Crippen MR) is 313 cm³/mol. The molecule has 12 nitrogen and oxygen atoms in total. The van der Waals surface area contributed by atoms with Crippen LogP contribution < -0.4 is 0 Å². The third-order valence-corrected chi connectivity index (χ3v) is 13.9. The van der Waals surface area contributed by atoms with Gasteiger partial charge in [-0.1, -0.05) is 164 Å². The monoisotopic (exact) mass is 1130 g/mol. The van der Waals surface area contributed by atoms with Gasteiger partial charge in [0, 0.05) is 10.1 Å². The lowest BCUT2D eigenvalue weighted by atomic mass is 9.79. The number of alkyl halides is 4. The Morgan fingerprint density at radius 3 is 1.35 bits per heavy atom. The van der Waals surface area contributed by atoms with Crippen molar-refractivity contribution in [3.8, 4) is 6.07 Å². The second-order valence-corrected chi connectivity index (χ2v) is 19.4. The highest BCUT2D eigenvalue weighted by atomic mass is 35.5. The van der Waals surface area contributed by atoms with Crippen LogP contribution in [0.3, 0.4) is 0 Å². The molecule has 5 unspecified atom stereocenters. The number of thiophene rings is 1. The van der Waals surface area contributed by atoms with Crippen molar-refractivity contribution in [2.45, 2.75) is 135 Å². The van der Waals surface area contributed by atoms with Crippen LogP contribution in [0.1, 0.15) is 141 Å². The van der Waals surface area contributed by atoms with E-state index < -0.39 is 11.6 Å². The third kappa shape index (κ3) is 29.7. The average Bonchev–Trinajstić information content (AvgIpc) is 4.14. The van der Waals surface area contributed by atoms with E-state index in [4.69, 9.17) is 47.6 Å². The zero-order valence-electron chi connectivity index (χ0n) is 48.2. The van der Waals surface area contributed by atoms with E-state index in [2.05, 4.69) is 125 Å². The Bertz CT molecular complexity index is 2420. The molecule has 0 amide bonds. The topological polar surface area (TPSA) is 184 Å². The van der Waals surface area contributed by atoms with Crippen LogP contribution in [-0.2, 0) is 40.1 Å². The Labute approximate surface area is 471 Å². The van der Waals surface area contributed by atoms with Gasteiger partial charge in [0.05, 0.1) is 63.6 Å². The first-order valence-corrected chi connectivity index (χ1v) is 26.4. The van der Waals surface area contributed by atoms with Gasteiger partial charge in [-0.25, -0.2) is 24.4 Å². The minimum atomic E-state index is -4.19. The maximum atomic E-state index is 12.8. The molecule has 2 aromatic heterocycles. The summed E-state index contributed by atoms with van der Waals surface area (Å²) in [6.45, 7) is 19.9. The molecule has 17 heteroatoms. The van der Waals surface area contributed by atoms with E-state index in [-0.39, 0.29) is 16.7 Å². The van der Waals surface area contributed by atoms with Gasteiger partial charge in [0.25, 0.3) is 0 Å². The fourth-order valence-electron chi connectivity index (χ4n) is 6.56. The zero-order valence-corrected chi connectivity index (χ0v) is 49.7. The zero-order chi connectivity index (χ0) is 60.2. The molecule has 2 heterocycles. The molecule has 0 spiro atoms. The molecule has 5 atom stereocenters. The van der Waals surface area contributed by atoms with Crippen LogP contribution in [0.15, 0.2) is 156 Å². The number of nitriles is 1. The average molecular weight is 1130 g/mol. The van der Waals surface area contributed by atoms with Crippen LogP contribution in [-0.4, -0.2) is 68.0 Å². The van der Waals surface area contributed by atoms with Crippen molar-refractivity contribution >= 4 is 44.0 Å². The molecule has 7 rings (SSSR count). The molecule has 0 aliphatic rings. The highest BCUT2D eigenvalue weighted by molar-refractivity contribution is 7.17. The molecule has 0 radical (unpaired) electrons. The second-order valence-electron chi connectivity index (χ2n) is 17.6. The second kappa shape index (κ2) is 44.6. The van der Waals surface area contributed by atoms with Crippen molar-refractivity contribution in [1.29, 1.82) is 5.26 Å². The summed E-state index contributed by atoms with van der Waals surface area (Å²) in [5.41, 5.74) is 4.42. The quantitative estimate of drug-likeness (QED) is 0.0497. The van der Waals surface area contributed by atoms with Gasteiger partial charge in [0.1, 0.15) is 5.58 Å². The van der Waals surface area contributed by atoms with Gasteiger partial charge in [0.15, 0.2) is 0 Å². The van der Waals surface area contributed by atoms with Crippen LogP contribution in [0.4, 0.5) is 13.2 Å². The summed E-state index contributed by atoms with van der Waals surface area (Å²) in [6.07, 6.45) is 1.81. The van der Waals surface area contributed by atoms with Crippen LogP contribution in [0.5, 0.6) is 0 Å². The van der Waals surface area contributed by atoms with Gasteiger partial charge in [0.2, 0.25) is 0 Å². The molecule has 0 saturated heterocycles. The van der Waals surface area contributed by atoms with E-state index in [1.807, 2.05) is 86.7 Å². The molecular weight excluding hydrogens is 1050 g/mol. The van der Waals surface area contributed by atoms with Crippen molar-refractivity contribution in [3.05, 3.63) is 179 Å². The largest absolute Gasteiger partial charge is 0.464 e. The number of halogens is 4. The molecule has 5 aromatic carbocycles. The molecule has 0 saturated carbocycles. The Kier molecular flexibility index (Phi) is 44.0. The Morgan fingerprint density at radius 2 is 0.962 bits per heavy atom. The number of hydrogen-bond acceptors (Lipinski definition) is 13. The summed E-state index contributed by atoms with van der Waals surface area (Å²) < 4.78 is 45.1. The van der Waals surface area contributed by atoms with Gasteiger partial charge >= 0.3 is 6.18 Å². The number of nitrogens with zero attached hydrogens (tertiary/aromatic N) is 1. The lowest BCUT2D eigenvalue weighted by Crippen LogP contribution is -2.38. The summed E-state index contributed by atoms with van der Waals surface area (Å²) in [5.74, 6) is 1.30. The highest BCUT2D eigenvalue weighted by Gasteiger charge is 2.50. The summed E-state index contributed by atoms with van der Waals surface area (Å²) >= 11 is 8.06. The normalized spacial score (nSPS) is 13.1. The number of rotatable bonds is 10. The Balaban J connectivity index is -0.000000847. The van der Waals surface area contributed by atoms with Crippen LogP contribution in [0, 0.1) is 11.3 Å². The molecule has 436 valence electrons. The van der Waals surface area contributed by atoms with E-state index in [9.17, 15) is 13.2 Å². The van der Waals surface area contributed by atoms with Crippen molar-refractivity contribution in [2.24, 2.45) is 0 Å². The van der Waals surface area contributed by atoms with E-state index in [1.54, 1.807) is 31.4 Å². The molecule has 78 heavy (non-hydrogen) atoms. The van der Waals surface area contributed by atoms with E-state index in [1.165, 1.54) is 99.6 Å². The van der Waals surface area contributed by atoms with Gasteiger partial charge in [-0.05, 0) is 128 Å². The molecule has 0 aliphatic carbocycles. The summed E-state index contributed by atoms with van der Waals surface area (Å²) in [6, 6.07) is 47.9. The summed E-state index contributed by atoms with van der Waals surface area (Å²) in [4.78, 5) is 16.1. The van der Waals surface area contributed by atoms with Crippen LogP contribution in [0.2, 0.25) is 0 Å². The smallest absolute Gasteiger partial charge is 0.398 e. The molecule has 5 N–H and O–H groups in total. The van der Waals surface area contributed by atoms with Gasteiger partial charge in [-0.2, -0.15) is 18.4 Å². The number of benzene rings is 5. The van der Waals surface area contributed by atoms with Crippen molar-refractivity contribution < 1.29 is 68.3 Å². The summed E-state index contributed by atoms with van der Waals surface area (Å²) in [5, 5.41) is 49.1. The van der Waals surface area contributed by atoms with E-state index >= 15 is 0 Å². The summed E-state index contributed by atoms with van der Waals surface area (Å²) in [7, 11) is 5.90. The maximum absolute atomic E-state index is 12.8. The van der Waals surface area contributed by atoms with E-state index in [0.717, 1.165) is 24.0 Å². The van der Waals surface area contributed by atoms with Crippen LogP contribution >= 0.6 is 22.9 Å². The fraction of sp³-hybridized carbons (Fsp3) is 0.426. The van der Waals surface area contributed by atoms with Crippen molar-refractivity contribution in [2.75, 3.05) is 35.5 Å². The van der Waals surface area contributed by atoms with Gasteiger partial charge < -0.3 is 4.42 Å². The fourth-order valence-corrected chi connectivity index (χ4v) is 7.46. The third-order valence-electron chi connectivity index (χ3n) is 12.5. The lowest BCUT2D eigenvalue weighted by molar-refractivity contribution is -0.215. The number of fused-ring (bicyclic) bond motifs is 2. The molecule has 0 aliphatic heterocycles. The van der Waals surface area contributed by atoms with E-state index in [0.29, 0.717) is 17.4 Å². The molecule has 0 bridgehead atoms. The highest BCUT2D eigenvalue weighted by Crippen LogP contribution is 2.43. The first-order chi connectivity index (χ1) is 37.0. The first-order valence-electron chi connectivity index (χ1n) is 25.2. The predicted octanol–water partition coefficient (Wildman–Crippen LogP) is 19.2. The standard InChI is InChI=1S/C12H14O.C12H14S.C11H13F3.C11H13N.C10H13Cl.5CH4O2/c1-3-9(2)11-5-4-10-6-7-13-12(10)8-11;1-3-9(2)10-4-5-12-11(8-10)6-7-13-12;1-3-10(2,11(12,13)14)9-7-5-4-6-8-9;1-3-11(2,9-12)10-7-5-4-6-8-10;1-3-10(2,11)9-7-5-4-6-8-9;5*1-3-2/h2*4-9H,3H2,1-2H3;4-8H,3H2,1-2H3;4-8H,3H2,1-2H3;4-8H,3H2,1-2H3;5*2H,1H3. The van der Waals surface area contributed by atoms with Gasteiger partial charge in [-0.3, -0.25) is 26.3 Å². The minimum Gasteiger partial charge on any atom is -0.464 e. The minimum absolute atomic E-state index is 0.0561. The number of furan rings is 1. The first kappa shape index (κ1) is 77.0. The molecular formula is C61H87ClF3NO11S. The maximum Gasteiger partial charge on any atom is 0.398 e. The van der Waals surface area contributed by atoms with Crippen molar-refractivity contribution in [1.82, 2.24) is 0 Å². The number of hydrogen-bond donors (Lipinski definition) is 5. The lowest BCUT2D eigenvalue weighted by Gasteiger charge is -2.31. The van der Waals surface area contributed by atoms with Gasteiger partial charge in [-0.15, -0.1) is 22.9 Å². The van der Waals surface area contributed by atoms with Crippen LogP contribution in [0.25, 0.3) is 21.1 Å². The Morgan fingerprint density at radius 1 is 0.551 bits per heavy atom. The SMILES string of the molecule is CCC(C)(C#N)c1ccccc1.CCC(C)(Cl)c1ccccc1.CCC(C)(c1ccccc1)C(F)(F)F.CCC(C)c1ccc2ccoc2c1.CCC(C)c1ccc2sccc2c1.COO.COO.COO.COO.COO. The molecule has 0 fully saturated rings. The Hall–Kier alpha value is -5.23. The van der Waals surface area contributed by atoms with Crippen molar-refractivity contribution in [3.63, 3.8) is 0 Å².